The molecule has 0 spiro atoms. The molecule has 3 nitrogen and oxygen atoms in total. The number of benzene rings is 1. The highest BCUT2D eigenvalue weighted by molar-refractivity contribution is 5.96. The molecule has 0 radical (unpaired) electrons. The van der Waals surface area contributed by atoms with Crippen molar-refractivity contribution in [2.24, 2.45) is 0 Å². The monoisotopic (exact) mass is 255 g/mol. The molecule has 2 rings (SSSR count). The second kappa shape index (κ2) is 5.54. The quantitative estimate of drug-likeness (QED) is 0.838. The first-order valence-electron chi connectivity index (χ1n) is 5.88. The molecule has 2 atom stereocenters. The van der Waals surface area contributed by atoms with E-state index in [1.807, 2.05) is 6.92 Å². The zero-order valence-corrected chi connectivity index (χ0v) is 10.1. The van der Waals surface area contributed by atoms with Crippen molar-refractivity contribution in [3.63, 3.8) is 0 Å². The largest absolute Gasteiger partial charge is 0.378 e. The highest BCUT2D eigenvalue weighted by Crippen LogP contribution is 2.14. The number of carbonyl (C=O) groups is 1. The number of carbonyl (C=O) groups excluding carboxylic acids is 1. The van der Waals surface area contributed by atoms with E-state index in [2.05, 4.69) is 5.32 Å². The Bertz CT molecular complexity index is 451. The van der Waals surface area contributed by atoms with Crippen molar-refractivity contribution in [3.8, 4) is 0 Å². The van der Waals surface area contributed by atoms with Crippen molar-refractivity contribution in [1.29, 1.82) is 0 Å². The first-order valence-corrected chi connectivity index (χ1v) is 5.88. The zero-order chi connectivity index (χ0) is 13.1. The lowest BCUT2D eigenvalue weighted by Crippen LogP contribution is -2.48. The number of ketones is 1. The molecule has 0 aliphatic carbocycles. The highest BCUT2D eigenvalue weighted by Gasteiger charge is 2.22. The summed E-state index contributed by atoms with van der Waals surface area (Å²) < 4.78 is 31.5. The van der Waals surface area contributed by atoms with Crippen molar-refractivity contribution in [2.75, 3.05) is 13.2 Å². The fourth-order valence-corrected chi connectivity index (χ4v) is 2.05. The van der Waals surface area contributed by atoms with E-state index in [4.69, 9.17) is 4.74 Å². The average Bonchev–Trinajstić information content (AvgIpc) is 2.28. The molecule has 1 aliphatic heterocycles. The third kappa shape index (κ3) is 3.11. The van der Waals surface area contributed by atoms with E-state index >= 15 is 0 Å². The van der Waals surface area contributed by atoms with Gasteiger partial charge in [0.05, 0.1) is 18.8 Å². The first-order chi connectivity index (χ1) is 8.56. The summed E-state index contributed by atoms with van der Waals surface area (Å²) in [5.41, 5.74) is -0.0728. The third-order valence-electron chi connectivity index (χ3n) is 2.87. The fourth-order valence-electron chi connectivity index (χ4n) is 2.05. The van der Waals surface area contributed by atoms with Crippen molar-refractivity contribution in [3.05, 3.63) is 35.4 Å². The van der Waals surface area contributed by atoms with Crippen LogP contribution in [0.2, 0.25) is 0 Å². The predicted molar refractivity (Wildman–Crippen MR) is 62.5 cm³/mol. The summed E-state index contributed by atoms with van der Waals surface area (Å²) >= 11 is 0. The Morgan fingerprint density at radius 1 is 1.44 bits per heavy atom. The van der Waals surface area contributed by atoms with E-state index in [1.165, 1.54) is 6.07 Å². The lowest BCUT2D eigenvalue weighted by atomic mass is 10.0. The molecule has 1 saturated heterocycles. The number of morpholine rings is 1. The lowest BCUT2D eigenvalue weighted by molar-refractivity contribution is 0.0463. The molecule has 1 aliphatic rings. The summed E-state index contributed by atoms with van der Waals surface area (Å²) in [5, 5.41) is 3.21. The minimum Gasteiger partial charge on any atom is -0.378 e. The third-order valence-corrected chi connectivity index (χ3v) is 2.87. The summed E-state index contributed by atoms with van der Waals surface area (Å²) in [5.74, 6) is -1.84. The predicted octanol–water partition coefficient (Wildman–Crippen LogP) is 1.91. The van der Waals surface area contributed by atoms with Gasteiger partial charge in [0.1, 0.15) is 11.6 Å². The first kappa shape index (κ1) is 13.1. The summed E-state index contributed by atoms with van der Waals surface area (Å²) in [7, 11) is 0. The molecule has 1 aromatic rings. The van der Waals surface area contributed by atoms with Gasteiger partial charge in [-0.3, -0.25) is 4.79 Å². The molecule has 2 unspecified atom stereocenters. The van der Waals surface area contributed by atoms with Crippen LogP contribution >= 0.6 is 0 Å². The topological polar surface area (TPSA) is 38.3 Å². The lowest BCUT2D eigenvalue weighted by Gasteiger charge is -2.28. The van der Waals surface area contributed by atoms with E-state index in [9.17, 15) is 13.6 Å². The molecule has 0 bridgehead atoms. The van der Waals surface area contributed by atoms with Gasteiger partial charge < -0.3 is 10.1 Å². The van der Waals surface area contributed by atoms with Gasteiger partial charge in [-0.25, -0.2) is 8.78 Å². The normalized spacial score (nSPS) is 23.9. The Hall–Kier alpha value is -1.33. The molecule has 98 valence electrons. The van der Waals surface area contributed by atoms with Gasteiger partial charge in [-0.1, -0.05) is 0 Å². The number of halogens is 2. The van der Waals surface area contributed by atoms with E-state index in [0.29, 0.717) is 13.2 Å². The standard InChI is InChI=1S/C13H15F2NO2/c1-8-6-18-7-10(16-8)5-13(17)11-3-2-9(14)4-12(11)15/h2-4,8,10,16H,5-7H2,1H3. The average molecular weight is 255 g/mol. The van der Waals surface area contributed by atoms with Crippen LogP contribution in [0.4, 0.5) is 8.78 Å². The van der Waals surface area contributed by atoms with Crippen molar-refractivity contribution < 1.29 is 18.3 Å². The Kier molecular flexibility index (Phi) is 4.04. The summed E-state index contributed by atoms with van der Waals surface area (Å²) in [4.78, 5) is 11.9. The van der Waals surface area contributed by atoms with Crippen LogP contribution in [0.5, 0.6) is 0 Å². The maximum absolute atomic E-state index is 13.4. The Balaban J connectivity index is 2.03. The number of hydrogen-bond donors (Lipinski definition) is 1. The van der Waals surface area contributed by atoms with E-state index in [0.717, 1.165) is 12.1 Å². The molecular formula is C13H15F2NO2. The van der Waals surface area contributed by atoms with Crippen molar-refractivity contribution >= 4 is 5.78 Å². The Morgan fingerprint density at radius 2 is 2.22 bits per heavy atom. The Labute approximate surface area is 104 Å². The van der Waals surface area contributed by atoms with E-state index in [1.54, 1.807) is 0 Å². The molecule has 0 saturated carbocycles. The SMILES string of the molecule is CC1COCC(CC(=O)c2ccc(F)cc2F)N1. The molecule has 1 N–H and O–H groups in total. The van der Waals surface area contributed by atoms with Crippen LogP contribution in [-0.4, -0.2) is 31.1 Å². The van der Waals surface area contributed by atoms with E-state index in [-0.39, 0.29) is 29.9 Å². The maximum atomic E-state index is 13.4. The van der Waals surface area contributed by atoms with Gasteiger partial charge in [0, 0.05) is 24.6 Å². The summed E-state index contributed by atoms with van der Waals surface area (Å²) in [6.45, 7) is 2.99. The van der Waals surface area contributed by atoms with Crippen LogP contribution < -0.4 is 5.32 Å². The van der Waals surface area contributed by atoms with Crippen LogP contribution in [0.1, 0.15) is 23.7 Å². The number of ether oxygens (including phenoxy) is 1. The van der Waals surface area contributed by atoms with Crippen LogP contribution in [0.3, 0.4) is 0 Å². The fraction of sp³-hybridized carbons (Fsp3) is 0.462. The van der Waals surface area contributed by atoms with Gasteiger partial charge in [-0.05, 0) is 19.1 Å². The molecule has 5 heteroatoms. The van der Waals surface area contributed by atoms with Gasteiger partial charge in [0.2, 0.25) is 0 Å². The number of hydrogen-bond acceptors (Lipinski definition) is 3. The number of rotatable bonds is 3. The zero-order valence-electron chi connectivity index (χ0n) is 10.1. The van der Waals surface area contributed by atoms with Crippen molar-refractivity contribution in [2.45, 2.75) is 25.4 Å². The second-order valence-corrected chi connectivity index (χ2v) is 4.55. The molecular weight excluding hydrogens is 240 g/mol. The molecule has 1 heterocycles. The van der Waals surface area contributed by atoms with Crippen molar-refractivity contribution in [1.82, 2.24) is 5.32 Å². The molecule has 18 heavy (non-hydrogen) atoms. The molecule has 0 aromatic heterocycles. The smallest absolute Gasteiger partial charge is 0.167 e. The van der Waals surface area contributed by atoms with Crippen LogP contribution in [0.25, 0.3) is 0 Å². The van der Waals surface area contributed by atoms with Gasteiger partial charge in [0.15, 0.2) is 5.78 Å². The maximum Gasteiger partial charge on any atom is 0.167 e. The molecule has 0 amide bonds. The van der Waals surface area contributed by atoms with Gasteiger partial charge in [0.25, 0.3) is 0 Å². The van der Waals surface area contributed by atoms with Crippen LogP contribution in [0.15, 0.2) is 18.2 Å². The number of Topliss-reactive ketones (excluding diaryl/α,β-unsaturated/α-hetero) is 1. The Morgan fingerprint density at radius 3 is 2.89 bits per heavy atom. The highest BCUT2D eigenvalue weighted by atomic mass is 19.1. The van der Waals surface area contributed by atoms with Crippen LogP contribution in [0, 0.1) is 11.6 Å². The molecule has 1 fully saturated rings. The minimum absolute atomic E-state index is 0.0728. The van der Waals surface area contributed by atoms with Gasteiger partial charge in [-0.2, -0.15) is 0 Å². The van der Waals surface area contributed by atoms with Gasteiger partial charge >= 0.3 is 0 Å². The van der Waals surface area contributed by atoms with E-state index < -0.39 is 11.6 Å². The minimum atomic E-state index is -0.815. The number of nitrogens with one attached hydrogen (secondary N) is 1. The summed E-state index contributed by atoms with van der Waals surface area (Å²) in [6.07, 6.45) is 0.146. The van der Waals surface area contributed by atoms with Crippen LogP contribution in [-0.2, 0) is 4.74 Å². The van der Waals surface area contributed by atoms with Gasteiger partial charge in [-0.15, -0.1) is 0 Å². The summed E-state index contributed by atoms with van der Waals surface area (Å²) in [6, 6.07) is 3.05. The second-order valence-electron chi connectivity index (χ2n) is 4.55. The molecule has 1 aromatic carbocycles.